The van der Waals surface area contributed by atoms with Crippen LogP contribution in [0.1, 0.15) is 10.5 Å². The van der Waals surface area contributed by atoms with Crippen molar-refractivity contribution in [1.82, 2.24) is 10.2 Å². The van der Waals surface area contributed by atoms with Gasteiger partial charge in [0.25, 0.3) is 0 Å². The summed E-state index contributed by atoms with van der Waals surface area (Å²) in [5.74, 6) is -1.93. The van der Waals surface area contributed by atoms with Crippen LogP contribution in [0.5, 0.6) is 5.75 Å². The van der Waals surface area contributed by atoms with E-state index < -0.39 is 23.8 Å². The molecule has 3 rings (SSSR count). The van der Waals surface area contributed by atoms with E-state index in [-0.39, 0.29) is 16.5 Å². The summed E-state index contributed by atoms with van der Waals surface area (Å²) < 4.78 is 42.1. The summed E-state index contributed by atoms with van der Waals surface area (Å²) in [6.45, 7) is 0. The van der Waals surface area contributed by atoms with Gasteiger partial charge in [0.2, 0.25) is 0 Å². The Morgan fingerprint density at radius 2 is 1.71 bits per heavy atom. The molecule has 0 radical (unpaired) electrons. The van der Waals surface area contributed by atoms with E-state index in [0.717, 1.165) is 6.07 Å². The molecule has 3 aromatic rings. The van der Waals surface area contributed by atoms with Crippen LogP contribution in [-0.2, 0) is 0 Å². The van der Waals surface area contributed by atoms with E-state index in [1.54, 1.807) is 30.3 Å². The maximum atomic E-state index is 12.7. The summed E-state index contributed by atoms with van der Waals surface area (Å²) in [5, 5.41) is 16.6. The number of carboxylic acids is 1. The van der Waals surface area contributed by atoms with Crippen LogP contribution in [0.3, 0.4) is 0 Å². The normalized spacial score (nSPS) is 11.5. The number of nitrogens with zero attached hydrogens (tertiary/aromatic N) is 2. The Morgan fingerprint density at radius 1 is 1.00 bits per heavy atom. The fraction of sp³-hybridized carbons (Fsp3) is 0.0625. The van der Waals surface area contributed by atoms with Gasteiger partial charge in [0.05, 0.1) is 10.9 Å². The SMILES string of the molecule is O=C(O)c1nnc2cccc(OC(F)(F)F)c2c1-c1ccccc1. The number of hydrogen-bond donors (Lipinski definition) is 1. The smallest absolute Gasteiger partial charge is 0.476 e. The lowest BCUT2D eigenvalue weighted by atomic mass is 9.98. The number of rotatable bonds is 3. The average Bonchev–Trinajstić information content (AvgIpc) is 2.53. The van der Waals surface area contributed by atoms with E-state index in [4.69, 9.17) is 0 Å². The molecule has 0 aliphatic heterocycles. The van der Waals surface area contributed by atoms with Gasteiger partial charge in [-0.15, -0.1) is 23.4 Å². The lowest BCUT2D eigenvalue weighted by Crippen LogP contribution is -2.18. The molecule has 1 heterocycles. The molecule has 0 bridgehead atoms. The van der Waals surface area contributed by atoms with Crippen LogP contribution in [0.4, 0.5) is 13.2 Å². The van der Waals surface area contributed by atoms with Crippen molar-refractivity contribution in [3.05, 3.63) is 54.2 Å². The Kier molecular flexibility index (Phi) is 3.80. The summed E-state index contributed by atoms with van der Waals surface area (Å²) in [7, 11) is 0. The number of aromatic nitrogens is 2. The number of carboxylic acid groups (broad SMARTS) is 1. The molecule has 0 saturated heterocycles. The van der Waals surface area contributed by atoms with E-state index in [0.29, 0.717) is 5.56 Å². The van der Waals surface area contributed by atoms with Gasteiger partial charge in [-0.25, -0.2) is 4.79 Å². The Labute approximate surface area is 133 Å². The van der Waals surface area contributed by atoms with Gasteiger partial charge >= 0.3 is 12.3 Å². The van der Waals surface area contributed by atoms with Gasteiger partial charge in [-0.1, -0.05) is 36.4 Å². The van der Waals surface area contributed by atoms with Crippen molar-refractivity contribution in [3.63, 3.8) is 0 Å². The van der Waals surface area contributed by atoms with Gasteiger partial charge in [0, 0.05) is 5.56 Å². The van der Waals surface area contributed by atoms with E-state index in [2.05, 4.69) is 14.9 Å². The lowest BCUT2D eigenvalue weighted by molar-refractivity contribution is -0.274. The van der Waals surface area contributed by atoms with Crippen molar-refractivity contribution in [1.29, 1.82) is 0 Å². The van der Waals surface area contributed by atoms with Crippen LogP contribution in [-0.4, -0.2) is 27.6 Å². The zero-order chi connectivity index (χ0) is 17.3. The third-order valence-electron chi connectivity index (χ3n) is 3.24. The van der Waals surface area contributed by atoms with E-state index in [9.17, 15) is 23.1 Å². The first-order chi connectivity index (χ1) is 11.4. The average molecular weight is 334 g/mol. The molecule has 0 spiro atoms. The van der Waals surface area contributed by atoms with E-state index in [1.165, 1.54) is 12.1 Å². The third-order valence-corrected chi connectivity index (χ3v) is 3.24. The van der Waals surface area contributed by atoms with Crippen molar-refractivity contribution in [3.8, 4) is 16.9 Å². The number of ether oxygens (including phenoxy) is 1. The second-order valence-electron chi connectivity index (χ2n) is 4.79. The molecule has 0 amide bonds. The summed E-state index contributed by atoms with van der Waals surface area (Å²) in [4.78, 5) is 11.5. The highest BCUT2D eigenvalue weighted by atomic mass is 19.4. The molecule has 1 N–H and O–H groups in total. The van der Waals surface area contributed by atoms with E-state index >= 15 is 0 Å². The highest BCUT2D eigenvalue weighted by molar-refractivity contribution is 6.07. The zero-order valence-electron chi connectivity index (χ0n) is 11.9. The quantitative estimate of drug-likeness (QED) is 0.786. The van der Waals surface area contributed by atoms with Gasteiger partial charge in [0.1, 0.15) is 5.75 Å². The predicted molar refractivity (Wildman–Crippen MR) is 78.6 cm³/mol. The first-order valence-corrected chi connectivity index (χ1v) is 6.70. The Morgan fingerprint density at radius 3 is 2.33 bits per heavy atom. The van der Waals surface area contributed by atoms with Crippen molar-refractivity contribution < 1.29 is 27.8 Å². The first-order valence-electron chi connectivity index (χ1n) is 6.70. The van der Waals surface area contributed by atoms with Crippen LogP contribution in [0.15, 0.2) is 48.5 Å². The molecule has 8 heteroatoms. The van der Waals surface area contributed by atoms with Gasteiger partial charge in [-0.2, -0.15) is 0 Å². The highest BCUT2D eigenvalue weighted by Crippen LogP contribution is 2.38. The number of fused-ring (bicyclic) bond motifs is 1. The second-order valence-corrected chi connectivity index (χ2v) is 4.79. The predicted octanol–water partition coefficient (Wildman–Crippen LogP) is 3.89. The fourth-order valence-corrected chi connectivity index (χ4v) is 2.37. The highest BCUT2D eigenvalue weighted by Gasteiger charge is 2.33. The van der Waals surface area contributed by atoms with E-state index in [1.807, 2.05) is 0 Å². The molecule has 2 aromatic carbocycles. The largest absolute Gasteiger partial charge is 0.573 e. The van der Waals surface area contributed by atoms with Gasteiger partial charge in [-0.05, 0) is 17.7 Å². The Balaban J connectivity index is 2.40. The van der Waals surface area contributed by atoms with Crippen molar-refractivity contribution >= 4 is 16.9 Å². The van der Waals surface area contributed by atoms with Crippen LogP contribution in [0.25, 0.3) is 22.0 Å². The minimum atomic E-state index is -4.92. The molecule has 5 nitrogen and oxygen atoms in total. The number of alkyl halides is 3. The molecular weight excluding hydrogens is 325 g/mol. The molecule has 0 unspecified atom stereocenters. The van der Waals surface area contributed by atoms with Gasteiger partial charge in [-0.3, -0.25) is 0 Å². The number of halogens is 3. The van der Waals surface area contributed by atoms with Gasteiger partial charge < -0.3 is 9.84 Å². The summed E-state index contributed by atoms with van der Waals surface area (Å²) in [6.07, 6.45) is -4.92. The van der Waals surface area contributed by atoms with Crippen LogP contribution < -0.4 is 4.74 Å². The first kappa shape index (κ1) is 15.7. The molecule has 24 heavy (non-hydrogen) atoms. The molecular formula is C16H9F3N2O3. The Bertz CT molecular complexity index is 912. The molecule has 0 atom stereocenters. The lowest BCUT2D eigenvalue weighted by Gasteiger charge is -2.15. The standard InChI is InChI=1S/C16H9F3N2O3/c17-16(18,19)24-11-8-4-7-10-13(11)12(9-5-2-1-3-6-9)14(15(22)23)21-20-10/h1-8H,(H,22,23). The fourth-order valence-electron chi connectivity index (χ4n) is 2.37. The minimum Gasteiger partial charge on any atom is -0.476 e. The second kappa shape index (κ2) is 5.80. The van der Waals surface area contributed by atoms with Crippen molar-refractivity contribution in [2.75, 3.05) is 0 Å². The van der Waals surface area contributed by atoms with Crippen molar-refractivity contribution in [2.24, 2.45) is 0 Å². The summed E-state index contributed by atoms with van der Waals surface area (Å²) in [6, 6.07) is 12.0. The monoisotopic (exact) mass is 334 g/mol. The summed E-state index contributed by atoms with van der Waals surface area (Å²) >= 11 is 0. The number of hydrogen-bond acceptors (Lipinski definition) is 4. The third kappa shape index (κ3) is 2.98. The maximum Gasteiger partial charge on any atom is 0.573 e. The maximum absolute atomic E-state index is 12.7. The topological polar surface area (TPSA) is 72.3 Å². The van der Waals surface area contributed by atoms with Gasteiger partial charge in [0.15, 0.2) is 5.69 Å². The number of aromatic carboxylic acids is 1. The molecule has 0 aliphatic carbocycles. The molecule has 0 aliphatic rings. The molecule has 0 saturated carbocycles. The Hall–Kier alpha value is -3.16. The minimum absolute atomic E-state index is 0.0213. The number of benzene rings is 2. The summed E-state index contributed by atoms with van der Waals surface area (Å²) in [5.41, 5.74) is 0.0634. The number of carbonyl (C=O) groups is 1. The van der Waals surface area contributed by atoms with Crippen LogP contribution in [0, 0.1) is 0 Å². The van der Waals surface area contributed by atoms with Crippen LogP contribution in [0.2, 0.25) is 0 Å². The zero-order valence-corrected chi connectivity index (χ0v) is 11.9. The molecule has 122 valence electrons. The van der Waals surface area contributed by atoms with Crippen molar-refractivity contribution in [2.45, 2.75) is 6.36 Å². The van der Waals surface area contributed by atoms with Crippen LogP contribution >= 0.6 is 0 Å². The molecule has 1 aromatic heterocycles. The molecule has 0 fully saturated rings.